The first-order chi connectivity index (χ1) is 18.5. The molecule has 2 unspecified atom stereocenters. The van der Waals surface area contributed by atoms with Crippen LogP contribution in [0.1, 0.15) is 107 Å². The van der Waals surface area contributed by atoms with Crippen molar-refractivity contribution in [3.8, 4) is 11.5 Å². The van der Waals surface area contributed by atoms with E-state index in [1.165, 1.54) is 22.1 Å². The molecule has 2 rings (SSSR count). The monoisotopic (exact) mass is 545 g/mol. The Hall–Kier alpha value is -3.33. The van der Waals surface area contributed by atoms with Crippen LogP contribution in [0.25, 0.3) is 0 Å². The number of carbonyl (C=O) groups is 3. The highest BCUT2D eigenvalue weighted by molar-refractivity contribution is 6.01. The SMILES string of the molecule is CC(C)=CCC/C(C)=C/CCCCCc1c(O)cc2c(c1OO)CN(C(CCCC(C)C(=O)O)C(=O)O)C2=O. The van der Waals surface area contributed by atoms with Crippen molar-refractivity contribution in [2.75, 3.05) is 0 Å². The zero-order chi connectivity index (χ0) is 29.1. The lowest BCUT2D eigenvalue weighted by Crippen LogP contribution is -2.41. The Bertz CT molecular complexity index is 1090. The van der Waals surface area contributed by atoms with Crippen LogP contribution in [0.5, 0.6) is 11.5 Å². The van der Waals surface area contributed by atoms with Gasteiger partial charge >= 0.3 is 11.9 Å². The van der Waals surface area contributed by atoms with E-state index in [1.807, 2.05) is 0 Å². The van der Waals surface area contributed by atoms with Gasteiger partial charge in [0.25, 0.3) is 5.91 Å². The minimum atomic E-state index is -1.20. The van der Waals surface area contributed by atoms with Gasteiger partial charge in [0, 0.05) is 11.1 Å². The summed E-state index contributed by atoms with van der Waals surface area (Å²) in [7, 11) is 0. The Kier molecular flexibility index (Phi) is 12.5. The molecule has 0 saturated carbocycles. The number of rotatable bonds is 17. The summed E-state index contributed by atoms with van der Waals surface area (Å²) in [5.41, 5.74) is 3.52. The van der Waals surface area contributed by atoms with Crippen LogP contribution < -0.4 is 4.89 Å². The molecule has 0 aliphatic carbocycles. The Balaban J connectivity index is 2.02. The summed E-state index contributed by atoms with van der Waals surface area (Å²) in [5.74, 6) is -3.52. The molecule has 1 heterocycles. The van der Waals surface area contributed by atoms with Gasteiger partial charge in [0.15, 0.2) is 5.75 Å². The highest BCUT2D eigenvalue weighted by Gasteiger charge is 2.39. The molecule has 9 heteroatoms. The standard InChI is InChI=1S/C30H43NO8/c1-19(2)11-9-13-20(3)12-7-5-6-8-15-22-26(32)17-23-24(27(22)39-38)18-31(28(23)33)25(30(36)37)16-10-14-21(4)29(34)35/h11-12,17,21,25,32,38H,5-10,13-16,18H2,1-4H3,(H,34,35)(H,36,37)/b20-12+. The van der Waals surface area contributed by atoms with Crippen molar-refractivity contribution >= 4 is 17.8 Å². The van der Waals surface area contributed by atoms with E-state index in [-0.39, 0.29) is 36.4 Å². The maximum absolute atomic E-state index is 13.1. The number of amides is 1. The molecule has 0 saturated heterocycles. The third-order valence-corrected chi connectivity index (χ3v) is 7.29. The molecule has 0 aromatic heterocycles. The lowest BCUT2D eigenvalue weighted by atomic mass is 9.98. The highest BCUT2D eigenvalue weighted by Crippen LogP contribution is 2.41. The summed E-state index contributed by atoms with van der Waals surface area (Å²) in [6.45, 7) is 7.80. The molecule has 2 atom stereocenters. The number of aromatic hydroxyl groups is 1. The average molecular weight is 546 g/mol. The molecular weight excluding hydrogens is 502 g/mol. The molecule has 1 aromatic rings. The summed E-state index contributed by atoms with van der Waals surface area (Å²) in [4.78, 5) is 41.9. The largest absolute Gasteiger partial charge is 0.508 e. The van der Waals surface area contributed by atoms with Gasteiger partial charge in [-0.15, -0.1) is 0 Å². The van der Waals surface area contributed by atoms with E-state index in [4.69, 9.17) is 5.11 Å². The van der Waals surface area contributed by atoms with Crippen LogP contribution in [0.15, 0.2) is 29.4 Å². The predicted molar refractivity (Wildman–Crippen MR) is 148 cm³/mol. The predicted octanol–water partition coefficient (Wildman–Crippen LogP) is 6.34. The van der Waals surface area contributed by atoms with E-state index < -0.39 is 29.8 Å². The van der Waals surface area contributed by atoms with Gasteiger partial charge in [0.05, 0.1) is 18.0 Å². The second kappa shape index (κ2) is 15.3. The second-order valence-electron chi connectivity index (χ2n) is 10.7. The minimum absolute atomic E-state index is 0.000462. The normalized spacial score (nSPS) is 14.6. The van der Waals surface area contributed by atoms with Crippen LogP contribution in [-0.2, 0) is 22.6 Å². The lowest BCUT2D eigenvalue weighted by Gasteiger charge is -2.24. The fourth-order valence-corrected chi connectivity index (χ4v) is 4.90. The van der Waals surface area contributed by atoms with Crippen molar-refractivity contribution < 1.29 is 39.8 Å². The number of aliphatic carboxylic acids is 2. The number of allylic oxidation sites excluding steroid dienone is 4. The zero-order valence-electron chi connectivity index (χ0n) is 23.5. The van der Waals surface area contributed by atoms with Crippen LogP contribution in [0.4, 0.5) is 0 Å². The van der Waals surface area contributed by atoms with Crippen LogP contribution in [0, 0.1) is 5.92 Å². The Morgan fingerprint density at radius 3 is 2.36 bits per heavy atom. The molecule has 1 amide bonds. The summed E-state index contributed by atoms with van der Waals surface area (Å²) < 4.78 is 0. The average Bonchev–Trinajstić information content (AvgIpc) is 3.18. The van der Waals surface area contributed by atoms with Gasteiger partial charge in [-0.3, -0.25) is 9.59 Å². The number of unbranched alkanes of at least 4 members (excludes halogenated alkanes) is 3. The first-order valence-corrected chi connectivity index (χ1v) is 13.7. The van der Waals surface area contributed by atoms with Crippen molar-refractivity contribution in [1.82, 2.24) is 4.90 Å². The van der Waals surface area contributed by atoms with Gasteiger partial charge in [-0.25, -0.2) is 10.1 Å². The van der Waals surface area contributed by atoms with Gasteiger partial charge in [-0.2, -0.15) is 0 Å². The third kappa shape index (κ3) is 9.13. The van der Waals surface area contributed by atoms with E-state index in [0.29, 0.717) is 24.0 Å². The smallest absolute Gasteiger partial charge is 0.326 e. The fraction of sp³-hybridized carbons (Fsp3) is 0.567. The number of phenolic OH excluding ortho intramolecular Hbond substituents is 1. The summed E-state index contributed by atoms with van der Waals surface area (Å²) in [5, 5.41) is 39.1. The molecule has 9 nitrogen and oxygen atoms in total. The Morgan fingerprint density at radius 2 is 1.74 bits per heavy atom. The molecule has 0 spiro atoms. The van der Waals surface area contributed by atoms with Gasteiger partial charge in [-0.05, 0) is 84.6 Å². The minimum Gasteiger partial charge on any atom is -0.508 e. The molecule has 0 bridgehead atoms. The van der Waals surface area contributed by atoms with E-state index in [9.17, 15) is 29.9 Å². The summed E-state index contributed by atoms with van der Waals surface area (Å²) in [6.07, 6.45) is 11.3. The number of carboxylic acid groups (broad SMARTS) is 2. The van der Waals surface area contributed by atoms with Gasteiger partial charge in [-0.1, -0.05) is 36.6 Å². The van der Waals surface area contributed by atoms with Gasteiger partial charge < -0.3 is 25.1 Å². The van der Waals surface area contributed by atoms with Crippen LogP contribution in [0.3, 0.4) is 0 Å². The van der Waals surface area contributed by atoms with E-state index >= 15 is 0 Å². The number of fused-ring (bicyclic) bond motifs is 1. The Labute approximate surface area is 230 Å². The number of nitrogens with zero attached hydrogens (tertiary/aromatic N) is 1. The molecule has 0 radical (unpaired) electrons. The lowest BCUT2D eigenvalue weighted by molar-refractivity contribution is -0.143. The molecular formula is C30H43NO8. The first-order valence-electron chi connectivity index (χ1n) is 13.7. The van der Waals surface area contributed by atoms with Crippen molar-refractivity contribution in [2.45, 2.75) is 104 Å². The number of carbonyl (C=O) groups excluding carboxylic acids is 1. The molecule has 1 aliphatic heterocycles. The molecule has 4 N–H and O–H groups in total. The van der Waals surface area contributed by atoms with Crippen molar-refractivity contribution in [3.63, 3.8) is 0 Å². The Morgan fingerprint density at radius 1 is 1.03 bits per heavy atom. The molecule has 1 aliphatic rings. The maximum Gasteiger partial charge on any atom is 0.326 e. The molecule has 39 heavy (non-hydrogen) atoms. The molecule has 216 valence electrons. The maximum atomic E-state index is 13.1. The second-order valence-corrected chi connectivity index (χ2v) is 10.7. The third-order valence-electron chi connectivity index (χ3n) is 7.29. The van der Waals surface area contributed by atoms with Crippen molar-refractivity contribution in [2.24, 2.45) is 5.92 Å². The van der Waals surface area contributed by atoms with E-state index in [0.717, 1.165) is 38.5 Å². The molecule has 1 aromatic carbocycles. The number of benzene rings is 1. The first kappa shape index (κ1) is 31.9. The van der Waals surface area contributed by atoms with Crippen LogP contribution in [-0.4, -0.2) is 49.4 Å². The summed E-state index contributed by atoms with van der Waals surface area (Å²) in [6, 6.07) is 0.154. The number of phenols is 1. The quantitative estimate of drug-likeness (QED) is 0.0768. The zero-order valence-corrected chi connectivity index (χ0v) is 23.5. The van der Waals surface area contributed by atoms with Crippen LogP contribution >= 0.6 is 0 Å². The fourth-order valence-electron chi connectivity index (χ4n) is 4.90. The number of hydrogen-bond donors (Lipinski definition) is 4. The highest BCUT2D eigenvalue weighted by atomic mass is 17.1. The van der Waals surface area contributed by atoms with Crippen molar-refractivity contribution in [1.29, 1.82) is 0 Å². The van der Waals surface area contributed by atoms with Gasteiger partial charge in [0.2, 0.25) is 0 Å². The number of hydrogen-bond acceptors (Lipinski definition) is 6. The molecule has 0 fully saturated rings. The van der Waals surface area contributed by atoms with Gasteiger partial charge in [0.1, 0.15) is 11.8 Å². The number of carboxylic acids is 2. The van der Waals surface area contributed by atoms with Crippen LogP contribution in [0.2, 0.25) is 0 Å². The van der Waals surface area contributed by atoms with E-state index in [2.05, 4.69) is 37.8 Å². The summed E-state index contributed by atoms with van der Waals surface area (Å²) >= 11 is 0. The topological polar surface area (TPSA) is 145 Å². The van der Waals surface area contributed by atoms with E-state index in [1.54, 1.807) is 6.92 Å². The van der Waals surface area contributed by atoms with Crippen molar-refractivity contribution in [3.05, 3.63) is 46.1 Å².